The molecule has 1 aliphatic heterocycles. The molecular weight excluding hydrogens is 270 g/mol. The minimum absolute atomic E-state index is 0.148. The molecule has 2 aromatic carbocycles. The quantitative estimate of drug-likeness (QED) is 0.677. The van der Waals surface area contributed by atoms with Crippen LogP contribution in [0.15, 0.2) is 42.5 Å². The van der Waals surface area contributed by atoms with Crippen molar-refractivity contribution in [1.29, 1.82) is 0 Å². The van der Waals surface area contributed by atoms with Gasteiger partial charge in [-0.1, -0.05) is 12.1 Å². The van der Waals surface area contributed by atoms with Gasteiger partial charge in [0.25, 0.3) is 11.8 Å². The number of carbonyl (C=O) groups excluding carboxylic acids is 3. The zero-order valence-electron chi connectivity index (χ0n) is 11.2. The number of nitrogens with zero attached hydrogens (tertiary/aromatic N) is 1. The summed E-state index contributed by atoms with van der Waals surface area (Å²) in [6.45, 7) is 1.33. The van der Waals surface area contributed by atoms with Crippen LogP contribution >= 0.6 is 0 Å². The maximum absolute atomic E-state index is 12.3. The number of rotatable bonds is 2. The average Bonchev–Trinajstić information content (AvgIpc) is 2.71. The van der Waals surface area contributed by atoms with Gasteiger partial charge in [0, 0.05) is 6.07 Å². The molecule has 0 saturated carbocycles. The number of carbonyl (C=O) groups is 3. The van der Waals surface area contributed by atoms with E-state index in [1.165, 1.54) is 25.1 Å². The van der Waals surface area contributed by atoms with Gasteiger partial charge in [0.2, 0.25) is 0 Å². The summed E-state index contributed by atoms with van der Waals surface area (Å²) in [5, 5.41) is 9.84. The van der Waals surface area contributed by atoms with Crippen molar-refractivity contribution in [2.45, 2.75) is 6.92 Å². The molecule has 2 aromatic rings. The van der Waals surface area contributed by atoms with Crippen LogP contribution in [0.2, 0.25) is 0 Å². The highest BCUT2D eigenvalue weighted by atomic mass is 16.3. The highest BCUT2D eigenvalue weighted by Gasteiger charge is 2.36. The van der Waals surface area contributed by atoms with E-state index >= 15 is 0 Å². The van der Waals surface area contributed by atoms with E-state index in [0.717, 1.165) is 4.90 Å². The first-order valence-electron chi connectivity index (χ1n) is 6.32. The van der Waals surface area contributed by atoms with Crippen molar-refractivity contribution in [2.24, 2.45) is 0 Å². The van der Waals surface area contributed by atoms with E-state index in [2.05, 4.69) is 0 Å². The van der Waals surface area contributed by atoms with Gasteiger partial charge >= 0.3 is 0 Å². The third kappa shape index (κ3) is 1.90. The Morgan fingerprint density at radius 3 is 2.05 bits per heavy atom. The highest BCUT2D eigenvalue weighted by molar-refractivity contribution is 6.34. The number of imide groups is 1. The summed E-state index contributed by atoms with van der Waals surface area (Å²) in [5.74, 6) is -1.42. The van der Waals surface area contributed by atoms with Crippen LogP contribution in [0.5, 0.6) is 5.75 Å². The summed E-state index contributed by atoms with van der Waals surface area (Å²) in [6.07, 6.45) is 0. The lowest BCUT2D eigenvalue weighted by Gasteiger charge is -2.14. The minimum atomic E-state index is -0.439. The Hall–Kier alpha value is -2.95. The molecule has 0 spiro atoms. The van der Waals surface area contributed by atoms with Gasteiger partial charge in [-0.15, -0.1) is 0 Å². The molecule has 1 aliphatic rings. The first kappa shape index (κ1) is 13.1. The number of hydrogen-bond acceptors (Lipinski definition) is 4. The van der Waals surface area contributed by atoms with Crippen LogP contribution in [0.3, 0.4) is 0 Å². The van der Waals surface area contributed by atoms with Crippen molar-refractivity contribution in [1.82, 2.24) is 0 Å². The number of ketones is 1. The van der Waals surface area contributed by atoms with Gasteiger partial charge in [0.15, 0.2) is 5.78 Å². The summed E-state index contributed by atoms with van der Waals surface area (Å²) < 4.78 is 0. The van der Waals surface area contributed by atoms with E-state index < -0.39 is 11.8 Å². The fourth-order valence-corrected chi connectivity index (χ4v) is 2.38. The second kappa shape index (κ2) is 4.56. The molecule has 104 valence electrons. The van der Waals surface area contributed by atoms with Crippen LogP contribution in [0.4, 0.5) is 5.69 Å². The Morgan fingerprint density at radius 1 is 1.00 bits per heavy atom. The summed E-state index contributed by atoms with van der Waals surface area (Å²) in [4.78, 5) is 36.9. The predicted molar refractivity (Wildman–Crippen MR) is 75.7 cm³/mol. The number of aromatic hydroxyl groups is 1. The average molecular weight is 281 g/mol. The summed E-state index contributed by atoms with van der Waals surface area (Å²) in [7, 11) is 0. The van der Waals surface area contributed by atoms with Crippen LogP contribution in [0.25, 0.3) is 0 Å². The Bertz CT molecular complexity index is 760. The molecule has 2 amide bonds. The van der Waals surface area contributed by atoms with Crippen molar-refractivity contribution >= 4 is 23.3 Å². The maximum Gasteiger partial charge on any atom is 0.266 e. The van der Waals surface area contributed by atoms with Crippen LogP contribution in [-0.2, 0) is 0 Å². The lowest BCUT2D eigenvalue weighted by molar-refractivity contribution is 0.0925. The van der Waals surface area contributed by atoms with E-state index in [1.54, 1.807) is 24.3 Å². The summed E-state index contributed by atoms with van der Waals surface area (Å²) in [6, 6.07) is 10.7. The molecule has 1 N–H and O–H groups in total. The van der Waals surface area contributed by atoms with Gasteiger partial charge < -0.3 is 5.11 Å². The second-order valence-electron chi connectivity index (χ2n) is 4.75. The van der Waals surface area contributed by atoms with Crippen LogP contribution in [-0.4, -0.2) is 22.7 Å². The Morgan fingerprint density at radius 2 is 1.57 bits per heavy atom. The first-order chi connectivity index (χ1) is 10.0. The van der Waals surface area contributed by atoms with E-state index in [4.69, 9.17) is 0 Å². The van der Waals surface area contributed by atoms with Crippen molar-refractivity contribution < 1.29 is 19.5 Å². The number of Topliss-reactive ketones (excluding diaryl/α,β-unsaturated/α-hetero) is 1. The van der Waals surface area contributed by atoms with E-state index in [-0.39, 0.29) is 22.8 Å². The molecular formula is C16H11NO4. The van der Waals surface area contributed by atoms with Gasteiger partial charge in [0.1, 0.15) is 5.75 Å². The maximum atomic E-state index is 12.3. The summed E-state index contributed by atoms with van der Waals surface area (Å²) in [5.41, 5.74) is 1.05. The molecule has 0 bridgehead atoms. The van der Waals surface area contributed by atoms with E-state index in [0.29, 0.717) is 11.1 Å². The number of fused-ring (bicyclic) bond motifs is 1. The summed E-state index contributed by atoms with van der Waals surface area (Å²) >= 11 is 0. The van der Waals surface area contributed by atoms with Crippen LogP contribution in [0, 0.1) is 0 Å². The number of anilines is 1. The van der Waals surface area contributed by atoms with Crippen LogP contribution in [0.1, 0.15) is 38.0 Å². The van der Waals surface area contributed by atoms with Gasteiger partial charge in [-0.3, -0.25) is 14.4 Å². The highest BCUT2D eigenvalue weighted by Crippen LogP contribution is 2.31. The number of benzene rings is 2. The number of hydrogen-bond donors (Lipinski definition) is 1. The third-order valence-corrected chi connectivity index (χ3v) is 3.41. The van der Waals surface area contributed by atoms with Crippen molar-refractivity contribution in [3.63, 3.8) is 0 Å². The Kier molecular flexibility index (Phi) is 2.83. The SMILES string of the molecule is CC(=O)c1ccc(N2C(=O)c3ccccc3C2=O)cc1O. The van der Waals surface area contributed by atoms with Gasteiger partial charge in [-0.05, 0) is 31.2 Å². The Labute approximate surface area is 120 Å². The number of phenols is 1. The fourth-order valence-electron chi connectivity index (χ4n) is 2.38. The molecule has 0 aliphatic carbocycles. The van der Waals surface area contributed by atoms with Gasteiger partial charge in [0.05, 0.1) is 22.4 Å². The molecule has 0 atom stereocenters. The third-order valence-electron chi connectivity index (χ3n) is 3.41. The second-order valence-corrected chi connectivity index (χ2v) is 4.75. The molecule has 1 heterocycles. The number of phenolic OH excluding ortho intramolecular Hbond substituents is 1. The molecule has 0 saturated heterocycles. The zero-order valence-corrected chi connectivity index (χ0v) is 11.2. The predicted octanol–water partition coefficient (Wildman–Crippen LogP) is 2.40. The molecule has 5 heteroatoms. The topological polar surface area (TPSA) is 74.7 Å². The standard InChI is InChI=1S/C16H11NO4/c1-9(18)11-7-6-10(8-14(11)19)17-15(20)12-4-2-3-5-13(12)16(17)21/h2-8,19H,1H3. The molecule has 0 radical (unpaired) electrons. The monoisotopic (exact) mass is 281 g/mol. The van der Waals surface area contributed by atoms with E-state index in [9.17, 15) is 19.5 Å². The molecule has 0 aromatic heterocycles. The largest absolute Gasteiger partial charge is 0.507 e. The normalized spacial score (nSPS) is 13.5. The van der Waals surface area contributed by atoms with Gasteiger partial charge in [-0.25, -0.2) is 4.90 Å². The smallest absolute Gasteiger partial charge is 0.266 e. The molecule has 0 unspecified atom stereocenters. The van der Waals surface area contributed by atoms with Gasteiger partial charge in [-0.2, -0.15) is 0 Å². The van der Waals surface area contributed by atoms with Crippen LogP contribution < -0.4 is 4.90 Å². The Balaban J connectivity index is 2.07. The first-order valence-corrected chi connectivity index (χ1v) is 6.32. The lowest BCUT2D eigenvalue weighted by atomic mass is 10.1. The van der Waals surface area contributed by atoms with Crippen molar-refractivity contribution in [2.75, 3.05) is 4.90 Å². The van der Waals surface area contributed by atoms with Crippen molar-refractivity contribution in [3.8, 4) is 5.75 Å². The lowest BCUT2D eigenvalue weighted by Crippen LogP contribution is -2.29. The molecule has 0 fully saturated rings. The number of amides is 2. The molecule has 3 rings (SSSR count). The zero-order chi connectivity index (χ0) is 15.1. The molecule has 21 heavy (non-hydrogen) atoms. The minimum Gasteiger partial charge on any atom is -0.507 e. The van der Waals surface area contributed by atoms with E-state index in [1.807, 2.05) is 0 Å². The molecule has 5 nitrogen and oxygen atoms in total. The van der Waals surface area contributed by atoms with Crippen molar-refractivity contribution in [3.05, 3.63) is 59.2 Å². The fraction of sp³-hybridized carbons (Fsp3) is 0.0625.